The van der Waals surface area contributed by atoms with Gasteiger partial charge in [-0.2, -0.15) is 11.0 Å². The lowest BCUT2D eigenvalue weighted by Gasteiger charge is -2.01. The lowest BCUT2D eigenvalue weighted by atomic mass is 10.5. The minimum absolute atomic E-state index is 0.223. The van der Waals surface area contributed by atoms with Crippen molar-refractivity contribution in [2.24, 2.45) is 11.5 Å². The molecule has 0 saturated heterocycles. The molecule has 0 aromatic rings. The Morgan fingerprint density at radius 2 is 1.25 bits per heavy atom. The van der Waals surface area contributed by atoms with Crippen LogP contribution in [-0.2, 0) is 19.3 Å². The van der Waals surface area contributed by atoms with Gasteiger partial charge in [0.1, 0.15) is 0 Å². The quantitative estimate of drug-likeness (QED) is 0.255. The van der Waals surface area contributed by atoms with E-state index in [2.05, 4.69) is 34.1 Å². The molecule has 0 unspecified atom stereocenters. The molecule has 88 valence electrons. The Hall–Kier alpha value is -1.94. The first kappa shape index (κ1) is 14.1. The maximum Gasteiger partial charge on any atom is 0.356 e. The molecule has 0 saturated carbocycles. The average molecular weight is 264 g/mol. The van der Waals surface area contributed by atoms with Crippen molar-refractivity contribution in [1.29, 1.82) is 0 Å². The van der Waals surface area contributed by atoms with E-state index in [9.17, 15) is 9.59 Å². The summed E-state index contributed by atoms with van der Waals surface area (Å²) in [6, 6.07) is 0. The van der Waals surface area contributed by atoms with Gasteiger partial charge in [0.2, 0.25) is 0 Å². The average Bonchev–Trinajstić information content (AvgIpc) is 2.20. The Kier molecular flexibility index (Phi) is 6.47. The summed E-state index contributed by atoms with van der Waals surface area (Å²) in [7, 11) is 0. The fraction of sp³-hybridized carbons (Fsp3) is 0. The fourth-order valence-electron chi connectivity index (χ4n) is 0.405. The van der Waals surface area contributed by atoms with Crippen LogP contribution in [0.2, 0.25) is 0 Å². The van der Waals surface area contributed by atoms with E-state index in [1.807, 2.05) is 11.0 Å². The largest absolute Gasteiger partial charge is 0.374 e. The summed E-state index contributed by atoms with van der Waals surface area (Å²) in [5, 5.41) is -0.445. The molecule has 0 fully saturated rings. The number of hydrogen-bond donors (Lipinski definition) is 4. The monoisotopic (exact) mass is 264 g/mol. The number of carbonyl (C=O) groups excluding carboxylic acids is 2. The SMILES string of the molecule is NC(=S)NOC(=O)/C=C\C(=O)ONC(N)=S. The molecule has 0 amide bonds. The lowest BCUT2D eigenvalue weighted by Crippen LogP contribution is -2.31. The Morgan fingerprint density at radius 1 is 0.938 bits per heavy atom. The first-order valence-corrected chi connectivity index (χ1v) is 4.44. The molecule has 0 rings (SSSR count). The molecule has 0 aromatic carbocycles. The van der Waals surface area contributed by atoms with Crippen molar-refractivity contribution >= 4 is 46.6 Å². The van der Waals surface area contributed by atoms with Gasteiger partial charge in [-0.15, -0.1) is 0 Å². The summed E-state index contributed by atoms with van der Waals surface area (Å²) in [6.45, 7) is 0. The molecule has 0 aliphatic heterocycles. The van der Waals surface area contributed by atoms with Gasteiger partial charge in [-0.05, 0) is 24.4 Å². The molecule has 0 bridgehead atoms. The summed E-state index contributed by atoms with van der Waals surface area (Å²) in [4.78, 5) is 30.2. The van der Waals surface area contributed by atoms with Gasteiger partial charge in [-0.1, -0.05) is 0 Å². The Balaban J connectivity index is 3.88. The van der Waals surface area contributed by atoms with Gasteiger partial charge in [0.25, 0.3) is 0 Å². The van der Waals surface area contributed by atoms with Gasteiger partial charge in [0.05, 0.1) is 0 Å². The first-order chi connectivity index (χ1) is 7.41. The zero-order valence-corrected chi connectivity index (χ0v) is 9.39. The highest BCUT2D eigenvalue weighted by atomic mass is 32.1. The standard InChI is InChI=1S/C6H8N4O4S2/c7-5(15)9-13-3(11)1-2-4(12)14-10-6(8)16/h1-2H,(H3,7,9,15)(H3,8,10,16)/b2-1-. The Morgan fingerprint density at radius 3 is 1.50 bits per heavy atom. The molecule has 0 atom stereocenters. The third-order valence-corrected chi connectivity index (χ3v) is 1.03. The molecule has 16 heavy (non-hydrogen) atoms. The number of carbonyl (C=O) groups is 2. The third kappa shape index (κ3) is 8.65. The second kappa shape index (κ2) is 7.36. The van der Waals surface area contributed by atoms with Crippen molar-refractivity contribution in [3.05, 3.63) is 12.2 Å². The molecule has 0 aromatic heterocycles. The molecule has 6 N–H and O–H groups in total. The number of hydrogen-bond acceptors (Lipinski definition) is 6. The molecule has 0 aliphatic carbocycles. The normalized spacial score (nSPS) is 9.25. The zero-order chi connectivity index (χ0) is 12.6. The van der Waals surface area contributed by atoms with E-state index in [-0.39, 0.29) is 10.2 Å². The van der Waals surface area contributed by atoms with Crippen LogP contribution >= 0.6 is 24.4 Å². The van der Waals surface area contributed by atoms with Crippen LogP contribution in [0.4, 0.5) is 0 Å². The summed E-state index contributed by atoms with van der Waals surface area (Å²) in [6.07, 6.45) is 1.57. The van der Waals surface area contributed by atoms with Crippen LogP contribution in [0.3, 0.4) is 0 Å². The van der Waals surface area contributed by atoms with Gasteiger partial charge >= 0.3 is 11.9 Å². The van der Waals surface area contributed by atoms with Crippen molar-refractivity contribution in [3.63, 3.8) is 0 Å². The van der Waals surface area contributed by atoms with Crippen LogP contribution < -0.4 is 22.4 Å². The van der Waals surface area contributed by atoms with Crippen molar-refractivity contribution in [2.45, 2.75) is 0 Å². The van der Waals surface area contributed by atoms with E-state index in [0.717, 1.165) is 12.2 Å². The van der Waals surface area contributed by atoms with E-state index in [4.69, 9.17) is 11.5 Å². The minimum Gasteiger partial charge on any atom is -0.374 e. The van der Waals surface area contributed by atoms with Crippen LogP contribution in [0.1, 0.15) is 0 Å². The van der Waals surface area contributed by atoms with E-state index in [1.165, 1.54) is 0 Å². The predicted octanol–water partition coefficient (Wildman–Crippen LogP) is -1.87. The second-order valence-corrected chi connectivity index (χ2v) is 2.99. The Bertz CT molecular complexity index is 311. The van der Waals surface area contributed by atoms with E-state index < -0.39 is 11.9 Å². The maximum atomic E-state index is 10.8. The van der Waals surface area contributed by atoms with Gasteiger partial charge in [-0.3, -0.25) is 0 Å². The highest BCUT2D eigenvalue weighted by Crippen LogP contribution is 1.81. The molecule has 0 aliphatic rings. The molecule has 0 radical (unpaired) electrons. The molecule has 8 nitrogen and oxygen atoms in total. The summed E-state index contributed by atoms with van der Waals surface area (Å²) >= 11 is 8.71. The van der Waals surface area contributed by atoms with E-state index in [0.29, 0.717) is 0 Å². The Labute approximate surface area is 101 Å². The van der Waals surface area contributed by atoms with Crippen LogP contribution in [0.5, 0.6) is 0 Å². The topological polar surface area (TPSA) is 129 Å². The van der Waals surface area contributed by atoms with Gasteiger partial charge in [0.15, 0.2) is 10.2 Å². The van der Waals surface area contributed by atoms with Gasteiger partial charge in [-0.25, -0.2) is 9.59 Å². The van der Waals surface area contributed by atoms with Crippen LogP contribution in [0.15, 0.2) is 12.2 Å². The zero-order valence-electron chi connectivity index (χ0n) is 7.76. The highest BCUT2D eigenvalue weighted by Gasteiger charge is 2.01. The van der Waals surface area contributed by atoms with Crippen molar-refractivity contribution in [2.75, 3.05) is 0 Å². The number of thiocarbonyl (C=S) groups is 2. The van der Waals surface area contributed by atoms with Crippen LogP contribution in [0.25, 0.3) is 0 Å². The maximum absolute atomic E-state index is 10.8. The van der Waals surface area contributed by atoms with Crippen LogP contribution in [0, 0.1) is 0 Å². The molecular formula is C6H8N4O4S2. The number of rotatable bonds is 2. The van der Waals surface area contributed by atoms with Crippen molar-refractivity contribution in [3.8, 4) is 0 Å². The summed E-state index contributed by atoms with van der Waals surface area (Å²) in [5.74, 6) is -1.78. The molecule has 0 spiro atoms. The van der Waals surface area contributed by atoms with Crippen molar-refractivity contribution < 1.29 is 19.3 Å². The smallest absolute Gasteiger partial charge is 0.356 e. The van der Waals surface area contributed by atoms with Gasteiger partial charge in [0, 0.05) is 12.2 Å². The van der Waals surface area contributed by atoms with E-state index in [1.54, 1.807) is 0 Å². The molecule has 10 heteroatoms. The fourth-order valence-corrected chi connectivity index (χ4v) is 0.489. The number of hydroxylamine groups is 2. The predicted molar refractivity (Wildman–Crippen MR) is 61.2 cm³/mol. The van der Waals surface area contributed by atoms with E-state index >= 15 is 0 Å². The molecule has 0 heterocycles. The van der Waals surface area contributed by atoms with Crippen LogP contribution in [-0.4, -0.2) is 22.2 Å². The molecular weight excluding hydrogens is 256 g/mol. The second-order valence-electron chi connectivity index (χ2n) is 2.11. The number of nitrogens with one attached hydrogen (secondary N) is 2. The number of nitrogens with two attached hydrogens (primary N) is 2. The summed E-state index contributed by atoms with van der Waals surface area (Å²) in [5.41, 5.74) is 13.8. The third-order valence-electron chi connectivity index (χ3n) is 0.860. The summed E-state index contributed by atoms with van der Waals surface area (Å²) < 4.78 is 0. The minimum atomic E-state index is -0.889. The van der Waals surface area contributed by atoms with Crippen molar-refractivity contribution in [1.82, 2.24) is 11.0 Å². The first-order valence-electron chi connectivity index (χ1n) is 3.62. The van der Waals surface area contributed by atoms with Gasteiger partial charge < -0.3 is 21.1 Å². The highest BCUT2D eigenvalue weighted by molar-refractivity contribution is 7.80. The lowest BCUT2D eigenvalue weighted by molar-refractivity contribution is -0.144.